The van der Waals surface area contributed by atoms with Gasteiger partial charge in [0, 0.05) is 42.2 Å². The summed E-state index contributed by atoms with van der Waals surface area (Å²) in [6.07, 6.45) is 3.41. The Morgan fingerprint density at radius 2 is 1.57 bits per heavy atom. The molecule has 0 aliphatic carbocycles. The van der Waals surface area contributed by atoms with Crippen molar-refractivity contribution in [3.05, 3.63) is 133 Å². The Morgan fingerprint density at radius 3 is 2.36 bits per heavy atom. The summed E-state index contributed by atoms with van der Waals surface area (Å²) in [7, 11) is 1.82. The van der Waals surface area contributed by atoms with E-state index in [0.717, 1.165) is 39.5 Å². The standard InChI is InChI=1S/C34H28N6O2/c1-23-15-16-26(20-30(23)42-34-28(14-9-18-37-34)25-17-19-36-31(21-25)35-2)33(41)38-32-22-29(24-10-5-3-6-11-24)39-40(32)27-12-7-4-8-13-27/h3-22H,1-2H3,(H,35,36)(H,38,41). The minimum absolute atomic E-state index is 0.286. The fourth-order valence-corrected chi connectivity index (χ4v) is 4.56. The van der Waals surface area contributed by atoms with Crippen molar-refractivity contribution in [1.82, 2.24) is 19.7 Å². The number of aryl methyl sites for hydroxylation is 1. The molecule has 1 amide bonds. The van der Waals surface area contributed by atoms with Crippen LogP contribution in [-0.4, -0.2) is 32.7 Å². The van der Waals surface area contributed by atoms with Crippen LogP contribution in [0.2, 0.25) is 0 Å². The molecule has 0 fully saturated rings. The van der Waals surface area contributed by atoms with Gasteiger partial charge in [-0.15, -0.1) is 0 Å². The molecule has 0 radical (unpaired) electrons. The fraction of sp³-hybridized carbons (Fsp3) is 0.0588. The topological polar surface area (TPSA) is 94.0 Å². The lowest BCUT2D eigenvalue weighted by Gasteiger charge is -2.14. The van der Waals surface area contributed by atoms with Crippen LogP contribution in [0, 0.1) is 6.92 Å². The molecule has 0 bridgehead atoms. The second kappa shape index (κ2) is 11.8. The minimum Gasteiger partial charge on any atom is -0.438 e. The van der Waals surface area contributed by atoms with Crippen molar-refractivity contribution in [1.29, 1.82) is 0 Å². The van der Waals surface area contributed by atoms with Crippen LogP contribution in [0.15, 0.2) is 122 Å². The number of ether oxygens (including phenoxy) is 1. The molecule has 8 heteroatoms. The van der Waals surface area contributed by atoms with Gasteiger partial charge in [-0.25, -0.2) is 14.6 Å². The van der Waals surface area contributed by atoms with E-state index in [2.05, 4.69) is 20.6 Å². The number of amides is 1. The van der Waals surface area contributed by atoms with Crippen LogP contribution in [0.3, 0.4) is 0 Å². The molecule has 8 nitrogen and oxygen atoms in total. The Hall–Kier alpha value is -5.76. The Kier molecular flexibility index (Phi) is 7.42. The third kappa shape index (κ3) is 5.59. The average molecular weight is 553 g/mol. The van der Waals surface area contributed by atoms with Crippen LogP contribution in [0.5, 0.6) is 11.6 Å². The lowest BCUT2D eigenvalue weighted by Crippen LogP contribution is -2.15. The summed E-state index contributed by atoms with van der Waals surface area (Å²) in [4.78, 5) is 22.4. The van der Waals surface area contributed by atoms with E-state index < -0.39 is 0 Å². The van der Waals surface area contributed by atoms with Crippen molar-refractivity contribution in [2.24, 2.45) is 0 Å². The Morgan fingerprint density at radius 1 is 0.786 bits per heavy atom. The average Bonchev–Trinajstić information content (AvgIpc) is 3.47. The van der Waals surface area contributed by atoms with E-state index in [-0.39, 0.29) is 5.91 Å². The molecule has 0 aliphatic heterocycles. The lowest BCUT2D eigenvalue weighted by atomic mass is 10.1. The molecule has 0 atom stereocenters. The fourth-order valence-electron chi connectivity index (χ4n) is 4.56. The van der Waals surface area contributed by atoms with Crippen molar-refractivity contribution >= 4 is 17.5 Å². The first-order valence-electron chi connectivity index (χ1n) is 13.5. The van der Waals surface area contributed by atoms with E-state index in [1.807, 2.05) is 111 Å². The molecule has 3 heterocycles. The van der Waals surface area contributed by atoms with Crippen LogP contribution in [0.1, 0.15) is 15.9 Å². The zero-order valence-corrected chi connectivity index (χ0v) is 23.2. The molecule has 0 spiro atoms. The second-order valence-corrected chi connectivity index (χ2v) is 9.60. The van der Waals surface area contributed by atoms with Crippen molar-refractivity contribution in [3.63, 3.8) is 0 Å². The summed E-state index contributed by atoms with van der Waals surface area (Å²) in [5.41, 5.74) is 5.58. The van der Waals surface area contributed by atoms with Gasteiger partial charge in [-0.05, 0) is 66.6 Å². The van der Waals surface area contributed by atoms with E-state index in [1.54, 1.807) is 29.2 Å². The van der Waals surface area contributed by atoms with Crippen molar-refractivity contribution in [3.8, 4) is 39.7 Å². The van der Waals surface area contributed by atoms with Crippen LogP contribution in [0.4, 0.5) is 11.6 Å². The maximum Gasteiger partial charge on any atom is 0.256 e. The molecule has 3 aromatic carbocycles. The summed E-state index contributed by atoms with van der Waals surface area (Å²) in [5, 5.41) is 10.9. The maximum absolute atomic E-state index is 13.6. The molecular weight excluding hydrogens is 524 g/mol. The van der Waals surface area contributed by atoms with E-state index in [4.69, 9.17) is 9.84 Å². The zero-order chi connectivity index (χ0) is 28.9. The summed E-state index contributed by atoms with van der Waals surface area (Å²) < 4.78 is 8.05. The highest BCUT2D eigenvalue weighted by atomic mass is 16.5. The summed E-state index contributed by atoms with van der Waals surface area (Å²) >= 11 is 0. The quantitative estimate of drug-likeness (QED) is 0.204. The molecule has 0 saturated carbocycles. The largest absolute Gasteiger partial charge is 0.438 e. The van der Waals surface area contributed by atoms with Gasteiger partial charge in [0.1, 0.15) is 17.4 Å². The minimum atomic E-state index is -0.286. The predicted octanol–water partition coefficient (Wildman–Crippen LogP) is 7.39. The van der Waals surface area contributed by atoms with Crippen molar-refractivity contribution in [2.45, 2.75) is 6.92 Å². The van der Waals surface area contributed by atoms with Gasteiger partial charge in [-0.1, -0.05) is 54.6 Å². The molecule has 0 saturated heterocycles. The van der Waals surface area contributed by atoms with Gasteiger partial charge in [0.15, 0.2) is 0 Å². The molecule has 6 aromatic rings. The zero-order valence-electron chi connectivity index (χ0n) is 23.2. The van der Waals surface area contributed by atoms with Crippen molar-refractivity contribution < 1.29 is 9.53 Å². The van der Waals surface area contributed by atoms with E-state index in [9.17, 15) is 4.79 Å². The van der Waals surface area contributed by atoms with Crippen LogP contribution >= 0.6 is 0 Å². The summed E-state index contributed by atoms with van der Waals surface area (Å²) in [5.74, 6) is 1.97. The first kappa shape index (κ1) is 26.5. The first-order valence-corrected chi connectivity index (χ1v) is 13.5. The van der Waals surface area contributed by atoms with Gasteiger partial charge >= 0.3 is 0 Å². The Bertz CT molecular complexity index is 1850. The number of nitrogens with one attached hydrogen (secondary N) is 2. The molecule has 0 unspecified atom stereocenters. The number of carbonyl (C=O) groups is 1. The number of hydrogen-bond donors (Lipinski definition) is 2. The molecule has 6 rings (SSSR count). The first-order chi connectivity index (χ1) is 20.6. The smallest absolute Gasteiger partial charge is 0.256 e. The van der Waals surface area contributed by atoms with Gasteiger partial charge in [0.05, 0.1) is 11.4 Å². The van der Waals surface area contributed by atoms with E-state index >= 15 is 0 Å². The number of benzene rings is 3. The SMILES string of the molecule is CNc1cc(-c2cccnc2Oc2cc(C(=O)Nc3cc(-c4ccccc4)nn3-c3ccccc3)ccc2C)ccn1. The Balaban J connectivity index is 1.30. The third-order valence-electron chi connectivity index (χ3n) is 6.78. The van der Waals surface area contributed by atoms with Crippen LogP contribution in [-0.2, 0) is 0 Å². The normalized spacial score (nSPS) is 10.7. The second-order valence-electron chi connectivity index (χ2n) is 9.60. The summed E-state index contributed by atoms with van der Waals surface area (Å²) in [6.45, 7) is 1.93. The third-order valence-corrected chi connectivity index (χ3v) is 6.78. The number of nitrogens with zero attached hydrogens (tertiary/aromatic N) is 4. The molecule has 206 valence electrons. The van der Waals surface area contributed by atoms with Crippen LogP contribution < -0.4 is 15.4 Å². The number of rotatable bonds is 8. The molecular formula is C34H28N6O2. The van der Waals surface area contributed by atoms with E-state index in [1.165, 1.54) is 0 Å². The predicted molar refractivity (Wildman–Crippen MR) is 165 cm³/mol. The highest BCUT2D eigenvalue weighted by molar-refractivity contribution is 6.04. The molecule has 42 heavy (non-hydrogen) atoms. The maximum atomic E-state index is 13.6. The number of anilines is 2. The lowest BCUT2D eigenvalue weighted by molar-refractivity contribution is 0.102. The van der Waals surface area contributed by atoms with Gasteiger partial charge in [-0.2, -0.15) is 5.10 Å². The monoisotopic (exact) mass is 552 g/mol. The molecule has 2 N–H and O–H groups in total. The van der Waals surface area contributed by atoms with Gasteiger partial charge in [0.25, 0.3) is 5.91 Å². The number of para-hydroxylation sites is 1. The molecule has 0 aliphatic rings. The Labute approximate surface area is 243 Å². The summed E-state index contributed by atoms with van der Waals surface area (Å²) in [6, 6.07) is 34.5. The van der Waals surface area contributed by atoms with E-state index in [0.29, 0.717) is 23.0 Å². The number of hydrogen-bond acceptors (Lipinski definition) is 6. The number of carbonyl (C=O) groups excluding carboxylic acids is 1. The van der Waals surface area contributed by atoms with Gasteiger partial charge in [0.2, 0.25) is 5.88 Å². The van der Waals surface area contributed by atoms with Crippen LogP contribution in [0.25, 0.3) is 28.1 Å². The van der Waals surface area contributed by atoms with Gasteiger partial charge in [-0.3, -0.25) is 4.79 Å². The van der Waals surface area contributed by atoms with Crippen molar-refractivity contribution in [2.75, 3.05) is 17.7 Å². The molecule has 3 aromatic heterocycles. The highest BCUT2D eigenvalue weighted by Gasteiger charge is 2.17. The number of aromatic nitrogens is 4. The highest BCUT2D eigenvalue weighted by Crippen LogP contribution is 2.34. The number of pyridine rings is 2. The van der Waals surface area contributed by atoms with Gasteiger partial charge < -0.3 is 15.4 Å².